The van der Waals surface area contributed by atoms with Crippen molar-refractivity contribution in [1.29, 1.82) is 0 Å². The fourth-order valence-corrected chi connectivity index (χ4v) is 3.96. The predicted octanol–water partition coefficient (Wildman–Crippen LogP) is 3.36. The summed E-state index contributed by atoms with van der Waals surface area (Å²) in [4.78, 5) is 38.3. The first kappa shape index (κ1) is 27.3. The molecule has 2 rings (SSSR count). The summed E-state index contributed by atoms with van der Waals surface area (Å²) in [6.07, 6.45) is 4.89. The lowest BCUT2D eigenvalue weighted by molar-refractivity contribution is -0.133. The maximum atomic E-state index is 12.8. The summed E-state index contributed by atoms with van der Waals surface area (Å²) < 4.78 is 16.9. The molecule has 3 N–H and O–H groups in total. The first-order valence-electron chi connectivity index (χ1n) is 12.3. The summed E-state index contributed by atoms with van der Waals surface area (Å²) in [5.74, 6) is -0.142. The van der Waals surface area contributed by atoms with Crippen molar-refractivity contribution >= 4 is 17.7 Å². The molecule has 1 fully saturated rings. The smallest absolute Gasteiger partial charge is 0.269 e. The number of hydrazine groups is 1. The molecule has 0 spiro atoms. The Morgan fingerprint density at radius 1 is 0.882 bits per heavy atom. The molecule has 0 bridgehead atoms. The molecule has 1 saturated carbocycles. The highest BCUT2D eigenvalue weighted by atomic mass is 16.5. The van der Waals surface area contributed by atoms with E-state index in [1.807, 2.05) is 34.6 Å². The highest BCUT2D eigenvalue weighted by Gasteiger charge is 2.29. The number of hydrogen-bond donors (Lipinski definition) is 3. The van der Waals surface area contributed by atoms with E-state index in [9.17, 15) is 14.4 Å². The van der Waals surface area contributed by atoms with Gasteiger partial charge < -0.3 is 19.5 Å². The van der Waals surface area contributed by atoms with Gasteiger partial charge in [0.25, 0.3) is 11.8 Å². The standard InChI is InChI=1S/C25H39N3O6/c1-6-32-19-14-18(15-20(33-7-2)22(19)34-8-3)24(30)27-28-25(31)21(16(4)5)26-23(29)17-12-10-9-11-13-17/h14-17,21H,6-13H2,1-5H3,(H,26,29)(H,27,30)(H,28,31). The Morgan fingerprint density at radius 2 is 1.44 bits per heavy atom. The van der Waals surface area contributed by atoms with Crippen molar-refractivity contribution in [1.82, 2.24) is 16.2 Å². The summed E-state index contributed by atoms with van der Waals surface area (Å²) in [5.41, 5.74) is 5.12. The van der Waals surface area contributed by atoms with Gasteiger partial charge in [0, 0.05) is 11.5 Å². The average molecular weight is 478 g/mol. The van der Waals surface area contributed by atoms with Crippen LogP contribution in [0.3, 0.4) is 0 Å². The molecule has 9 nitrogen and oxygen atoms in total. The van der Waals surface area contributed by atoms with Gasteiger partial charge in [-0.15, -0.1) is 0 Å². The summed E-state index contributed by atoms with van der Waals surface area (Å²) in [5, 5.41) is 2.86. The summed E-state index contributed by atoms with van der Waals surface area (Å²) in [6, 6.07) is 2.33. The van der Waals surface area contributed by atoms with Crippen molar-refractivity contribution in [2.24, 2.45) is 11.8 Å². The van der Waals surface area contributed by atoms with Crippen molar-refractivity contribution < 1.29 is 28.6 Å². The van der Waals surface area contributed by atoms with Gasteiger partial charge in [0.2, 0.25) is 11.7 Å². The van der Waals surface area contributed by atoms with E-state index >= 15 is 0 Å². The van der Waals surface area contributed by atoms with Crippen LogP contribution in [0.1, 0.15) is 77.1 Å². The zero-order chi connectivity index (χ0) is 25.1. The minimum atomic E-state index is -0.756. The summed E-state index contributed by atoms with van der Waals surface area (Å²) >= 11 is 0. The van der Waals surface area contributed by atoms with E-state index < -0.39 is 17.9 Å². The highest BCUT2D eigenvalue weighted by molar-refractivity contribution is 5.97. The molecule has 0 aromatic heterocycles. The molecule has 0 heterocycles. The van der Waals surface area contributed by atoms with Crippen molar-refractivity contribution in [3.63, 3.8) is 0 Å². The van der Waals surface area contributed by atoms with Crippen LogP contribution in [0, 0.1) is 11.8 Å². The number of ether oxygens (including phenoxy) is 3. The number of amides is 3. The van der Waals surface area contributed by atoms with Crippen LogP contribution in [0.15, 0.2) is 12.1 Å². The Balaban J connectivity index is 2.09. The fraction of sp³-hybridized carbons (Fsp3) is 0.640. The average Bonchev–Trinajstić information content (AvgIpc) is 2.83. The van der Waals surface area contributed by atoms with Crippen LogP contribution in [-0.2, 0) is 9.59 Å². The molecule has 1 atom stereocenters. The van der Waals surface area contributed by atoms with Crippen LogP contribution in [0.2, 0.25) is 0 Å². The third-order valence-electron chi connectivity index (χ3n) is 5.69. The van der Waals surface area contributed by atoms with Crippen molar-refractivity contribution in [2.75, 3.05) is 19.8 Å². The van der Waals surface area contributed by atoms with Gasteiger partial charge in [0.1, 0.15) is 6.04 Å². The molecule has 3 amide bonds. The molecule has 9 heteroatoms. The number of nitrogens with one attached hydrogen (secondary N) is 3. The van der Waals surface area contributed by atoms with E-state index in [1.165, 1.54) is 0 Å². The Hall–Kier alpha value is -2.97. The van der Waals surface area contributed by atoms with Gasteiger partial charge in [-0.3, -0.25) is 25.2 Å². The lowest BCUT2D eigenvalue weighted by Crippen LogP contribution is -2.55. The molecule has 1 unspecified atom stereocenters. The molecule has 0 aliphatic heterocycles. The van der Waals surface area contributed by atoms with E-state index in [-0.39, 0.29) is 23.3 Å². The Bertz CT molecular complexity index is 809. The van der Waals surface area contributed by atoms with Crippen LogP contribution in [0.4, 0.5) is 0 Å². The van der Waals surface area contributed by atoms with E-state index in [1.54, 1.807) is 12.1 Å². The maximum Gasteiger partial charge on any atom is 0.269 e. The Labute approximate surface area is 202 Å². The van der Waals surface area contributed by atoms with Gasteiger partial charge in [0.15, 0.2) is 11.5 Å². The summed E-state index contributed by atoms with van der Waals surface area (Å²) in [7, 11) is 0. The Morgan fingerprint density at radius 3 is 1.94 bits per heavy atom. The van der Waals surface area contributed by atoms with Gasteiger partial charge in [-0.2, -0.15) is 0 Å². The number of rotatable bonds is 11. The quantitative estimate of drug-likeness (QED) is 0.421. The molecule has 1 aromatic rings. The van der Waals surface area contributed by atoms with Gasteiger partial charge in [-0.1, -0.05) is 33.1 Å². The largest absolute Gasteiger partial charge is 0.490 e. The van der Waals surface area contributed by atoms with E-state index in [0.29, 0.717) is 37.1 Å². The van der Waals surface area contributed by atoms with Crippen LogP contribution in [0.5, 0.6) is 17.2 Å². The monoisotopic (exact) mass is 477 g/mol. The minimum Gasteiger partial charge on any atom is -0.490 e. The predicted molar refractivity (Wildman–Crippen MR) is 129 cm³/mol. The molecule has 1 aliphatic rings. The number of carbonyl (C=O) groups excluding carboxylic acids is 3. The molecular weight excluding hydrogens is 438 g/mol. The zero-order valence-corrected chi connectivity index (χ0v) is 21.0. The lowest BCUT2D eigenvalue weighted by atomic mass is 9.88. The van der Waals surface area contributed by atoms with Crippen molar-refractivity contribution in [3.8, 4) is 17.2 Å². The number of benzene rings is 1. The molecule has 34 heavy (non-hydrogen) atoms. The third kappa shape index (κ3) is 7.53. The van der Waals surface area contributed by atoms with Gasteiger partial charge >= 0.3 is 0 Å². The van der Waals surface area contributed by atoms with Gasteiger partial charge in [0.05, 0.1) is 19.8 Å². The van der Waals surface area contributed by atoms with Crippen molar-refractivity contribution in [2.45, 2.75) is 72.8 Å². The normalized spacial score (nSPS) is 14.8. The van der Waals surface area contributed by atoms with Crippen LogP contribution >= 0.6 is 0 Å². The molecule has 1 aliphatic carbocycles. The van der Waals surface area contributed by atoms with Gasteiger partial charge in [-0.25, -0.2) is 0 Å². The van der Waals surface area contributed by atoms with Crippen LogP contribution in [0.25, 0.3) is 0 Å². The second kappa shape index (κ2) is 13.7. The molecule has 190 valence electrons. The number of hydrogen-bond acceptors (Lipinski definition) is 6. The van der Waals surface area contributed by atoms with Crippen LogP contribution in [-0.4, -0.2) is 43.6 Å². The molecule has 1 aromatic carbocycles. The minimum absolute atomic E-state index is 0.0600. The van der Waals surface area contributed by atoms with Crippen LogP contribution < -0.4 is 30.4 Å². The SMILES string of the molecule is CCOc1cc(C(=O)NNC(=O)C(NC(=O)C2CCCCC2)C(C)C)cc(OCC)c1OCC. The Kier molecular flexibility index (Phi) is 11.0. The summed E-state index contributed by atoms with van der Waals surface area (Å²) in [6.45, 7) is 10.4. The van der Waals surface area contributed by atoms with Gasteiger partial charge in [-0.05, 0) is 51.7 Å². The highest BCUT2D eigenvalue weighted by Crippen LogP contribution is 2.39. The van der Waals surface area contributed by atoms with E-state index in [0.717, 1.165) is 32.1 Å². The fourth-order valence-electron chi connectivity index (χ4n) is 3.96. The van der Waals surface area contributed by atoms with Crippen molar-refractivity contribution in [3.05, 3.63) is 17.7 Å². The second-order valence-electron chi connectivity index (χ2n) is 8.61. The first-order valence-corrected chi connectivity index (χ1v) is 12.3. The topological polar surface area (TPSA) is 115 Å². The van der Waals surface area contributed by atoms with E-state index in [2.05, 4.69) is 16.2 Å². The molecule has 0 saturated heterocycles. The van der Waals surface area contributed by atoms with E-state index in [4.69, 9.17) is 14.2 Å². The second-order valence-corrected chi connectivity index (χ2v) is 8.61. The lowest BCUT2D eigenvalue weighted by Gasteiger charge is -2.26. The third-order valence-corrected chi connectivity index (χ3v) is 5.69. The number of carbonyl (C=O) groups is 3. The zero-order valence-electron chi connectivity index (χ0n) is 21.0. The molecular formula is C25H39N3O6. The maximum absolute atomic E-state index is 12.8. The molecule has 0 radical (unpaired) electrons. The first-order chi connectivity index (χ1) is 16.3.